The Morgan fingerprint density at radius 3 is 2.95 bits per heavy atom. The van der Waals surface area contributed by atoms with Crippen LogP contribution < -0.4 is 10.6 Å². The summed E-state index contributed by atoms with van der Waals surface area (Å²) < 4.78 is 5.43. The van der Waals surface area contributed by atoms with E-state index < -0.39 is 0 Å². The van der Waals surface area contributed by atoms with E-state index in [-0.39, 0.29) is 5.91 Å². The van der Waals surface area contributed by atoms with E-state index in [1.165, 1.54) is 0 Å². The first kappa shape index (κ1) is 14.9. The Balaban J connectivity index is 1.91. The Kier molecular flexibility index (Phi) is 5.41. The minimum atomic E-state index is 0.0103. The van der Waals surface area contributed by atoms with Gasteiger partial charge >= 0.3 is 0 Å². The number of ether oxygens (including phenoxy) is 1. The summed E-state index contributed by atoms with van der Waals surface area (Å²) in [5, 5.41) is 6.27. The van der Waals surface area contributed by atoms with Gasteiger partial charge in [-0.1, -0.05) is 0 Å². The fourth-order valence-corrected chi connectivity index (χ4v) is 2.53. The molecule has 1 heterocycles. The largest absolute Gasteiger partial charge is 0.385 e. The summed E-state index contributed by atoms with van der Waals surface area (Å²) in [4.78, 5) is 12.2. The van der Waals surface area contributed by atoms with Crippen molar-refractivity contribution in [1.29, 1.82) is 0 Å². The van der Waals surface area contributed by atoms with Crippen molar-refractivity contribution in [3.8, 4) is 0 Å². The van der Waals surface area contributed by atoms with Gasteiger partial charge in [0.15, 0.2) is 0 Å². The first-order chi connectivity index (χ1) is 9.70. The molecule has 1 atom stereocenters. The lowest BCUT2D eigenvalue weighted by Gasteiger charge is -2.22. The van der Waals surface area contributed by atoms with Crippen LogP contribution in [0, 0.1) is 12.8 Å². The summed E-state index contributed by atoms with van der Waals surface area (Å²) in [6, 6.07) is 5.86. The van der Waals surface area contributed by atoms with Crippen molar-refractivity contribution in [1.82, 2.24) is 5.32 Å². The van der Waals surface area contributed by atoms with Gasteiger partial charge in [0.25, 0.3) is 5.91 Å². The smallest absolute Gasteiger partial charge is 0.251 e. The van der Waals surface area contributed by atoms with E-state index in [1.54, 1.807) is 0 Å². The summed E-state index contributed by atoms with van der Waals surface area (Å²) >= 11 is 0. The van der Waals surface area contributed by atoms with Crippen molar-refractivity contribution in [3.05, 3.63) is 29.3 Å². The van der Waals surface area contributed by atoms with E-state index in [1.807, 2.05) is 25.1 Å². The van der Waals surface area contributed by atoms with E-state index >= 15 is 0 Å². The molecule has 110 valence electrons. The van der Waals surface area contributed by atoms with Crippen LogP contribution in [0.25, 0.3) is 0 Å². The zero-order chi connectivity index (χ0) is 14.4. The van der Waals surface area contributed by atoms with Crippen LogP contribution in [0.5, 0.6) is 0 Å². The molecule has 1 aliphatic heterocycles. The quantitative estimate of drug-likeness (QED) is 0.869. The van der Waals surface area contributed by atoms with Crippen molar-refractivity contribution in [2.75, 3.05) is 31.6 Å². The van der Waals surface area contributed by atoms with Gasteiger partial charge in [-0.25, -0.2) is 0 Å². The highest BCUT2D eigenvalue weighted by Crippen LogP contribution is 2.16. The maximum absolute atomic E-state index is 12.2. The van der Waals surface area contributed by atoms with Crippen LogP contribution in [0.2, 0.25) is 0 Å². The molecule has 4 nitrogen and oxygen atoms in total. The first-order valence-electron chi connectivity index (χ1n) is 7.41. The maximum atomic E-state index is 12.2. The summed E-state index contributed by atoms with van der Waals surface area (Å²) in [7, 11) is 0. The first-order valence-corrected chi connectivity index (χ1v) is 7.41. The Labute approximate surface area is 120 Å². The molecule has 4 heteroatoms. The van der Waals surface area contributed by atoms with E-state index in [9.17, 15) is 4.79 Å². The molecule has 2 rings (SSSR count). The molecule has 1 aromatic carbocycles. The van der Waals surface area contributed by atoms with Gasteiger partial charge in [-0.15, -0.1) is 0 Å². The third-order valence-electron chi connectivity index (χ3n) is 3.66. The second-order valence-corrected chi connectivity index (χ2v) is 5.35. The average Bonchev–Trinajstić information content (AvgIpc) is 2.46. The number of carbonyl (C=O) groups excluding carboxylic acids is 1. The molecule has 1 fully saturated rings. The van der Waals surface area contributed by atoms with Gasteiger partial charge < -0.3 is 15.4 Å². The third-order valence-corrected chi connectivity index (χ3v) is 3.66. The van der Waals surface area contributed by atoms with Gasteiger partial charge in [-0.2, -0.15) is 0 Å². The second kappa shape index (κ2) is 7.29. The molecule has 1 unspecified atom stereocenters. The Morgan fingerprint density at radius 1 is 1.45 bits per heavy atom. The predicted octanol–water partition coefficient (Wildman–Crippen LogP) is 2.58. The molecule has 0 spiro atoms. The molecule has 20 heavy (non-hydrogen) atoms. The molecular formula is C16H24N2O2. The summed E-state index contributed by atoms with van der Waals surface area (Å²) in [5.74, 6) is 0.463. The Hall–Kier alpha value is -1.55. The predicted molar refractivity (Wildman–Crippen MR) is 81.2 cm³/mol. The number of anilines is 1. The highest BCUT2D eigenvalue weighted by molar-refractivity contribution is 5.96. The number of hydrogen-bond acceptors (Lipinski definition) is 3. The molecule has 0 radical (unpaired) electrons. The molecule has 1 amide bonds. The zero-order valence-corrected chi connectivity index (χ0v) is 12.4. The number of hydrogen-bond donors (Lipinski definition) is 2. The fraction of sp³-hybridized carbons (Fsp3) is 0.562. The molecule has 0 bridgehead atoms. The van der Waals surface area contributed by atoms with Gasteiger partial charge in [-0.3, -0.25) is 4.79 Å². The standard InChI is InChI=1S/C16H24N2O2/c1-3-17-14-6-7-15(12(2)9-14)16(19)18-10-13-5-4-8-20-11-13/h6-7,9,13,17H,3-5,8,10-11H2,1-2H3,(H,18,19). The molecular weight excluding hydrogens is 252 g/mol. The lowest BCUT2D eigenvalue weighted by Crippen LogP contribution is -2.33. The van der Waals surface area contributed by atoms with Crippen molar-refractivity contribution in [2.45, 2.75) is 26.7 Å². The lowest BCUT2D eigenvalue weighted by molar-refractivity contribution is 0.0536. The lowest BCUT2D eigenvalue weighted by atomic mass is 10.0. The van der Waals surface area contributed by atoms with Gasteiger partial charge in [0, 0.05) is 30.9 Å². The number of amides is 1. The maximum Gasteiger partial charge on any atom is 0.251 e. The minimum Gasteiger partial charge on any atom is -0.385 e. The van der Waals surface area contributed by atoms with Gasteiger partial charge in [0.05, 0.1) is 6.61 Å². The third kappa shape index (κ3) is 3.97. The zero-order valence-electron chi connectivity index (χ0n) is 12.4. The van der Waals surface area contributed by atoms with E-state index in [0.717, 1.165) is 49.4 Å². The number of rotatable bonds is 5. The van der Waals surface area contributed by atoms with Gasteiger partial charge in [0.1, 0.15) is 0 Å². The highest BCUT2D eigenvalue weighted by Gasteiger charge is 2.16. The molecule has 0 saturated carbocycles. The molecule has 1 aromatic rings. The number of benzene rings is 1. The number of aryl methyl sites for hydroxylation is 1. The van der Waals surface area contributed by atoms with E-state index in [4.69, 9.17) is 4.74 Å². The van der Waals surface area contributed by atoms with Crippen molar-refractivity contribution < 1.29 is 9.53 Å². The number of nitrogens with one attached hydrogen (secondary N) is 2. The van der Waals surface area contributed by atoms with Crippen LogP contribution in [0.4, 0.5) is 5.69 Å². The van der Waals surface area contributed by atoms with Crippen molar-refractivity contribution >= 4 is 11.6 Å². The van der Waals surface area contributed by atoms with Crippen molar-refractivity contribution in [3.63, 3.8) is 0 Å². The normalized spacial score (nSPS) is 18.6. The topological polar surface area (TPSA) is 50.4 Å². The minimum absolute atomic E-state index is 0.0103. The molecule has 1 aliphatic rings. The second-order valence-electron chi connectivity index (χ2n) is 5.35. The van der Waals surface area contributed by atoms with Crippen molar-refractivity contribution in [2.24, 2.45) is 5.92 Å². The molecule has 0 aliphatic carbocycles. The molecule has 2 N–H and O–H groups in total. The summed E-state index contributed by atoms with van der Waals surface area (Å²) in [6.07, 6.45) is 2.23. The molecule has 1 saturated heterocycles. The Bertz CT molecular complexity index is 454. The van der Waals surface area contributed by atoms with Crippen LogP contribution >= 0.6 is 0 Å². The number of carbonyl (C=O) groups is 1. The van der Waals surface area contributed by atoms with Crippen LogP contribution in [0.1, 0.15) is 35.7 Å². The van der Waals surface area contributed by atoms with E-state index in [0.29, 0.717) is 12.5 Å². The van der Waals surface area contributed by atoms with Gasteiger partial charge in [0.2, 0.25) is 0 Å². The SMILES string of the molecule is CCNc1ccc(C(=O)NCC2CCCOC2)c(C)c1. The fourth-order valence-electron chi connectivity index (χ4n) is 2.53. The Morgan fingerprint density at radius 2 is 2.30 bits per heavy atom. The summed E-state index contributed by atoms with van der Waals surface area (Å²) in [6.45, 7) is 7.23. The molecule has 0 aromatic heterocycles. The van der Waals surface area contributed by atoms with Crippen LogP contribution in [0.3, 0.4) is 0 Å². The monoisotopic (exact) mass is 276 g/mol. The summed E-state index contributed by atoms with van der Waals surface area (Å²) in [5.41, 5.74) is 2.81. The van der Waals surface area contributed by atoms with Crippen LogP contribution in [-0.4, -0.2) is 32.2 Å². The van der Waals surface area contributed by atoms with Crippen LogP contribution in [-0.2, 0) is 4.74 Å². The van der Waals surface area contributed by atoms with Crippen LogP contribution in [0.15, 0.2) is 18.2 Å². The highest BCUT2D eigenvalue weighted by atomic mass is 16.5. The average molecular weight is 276 g/mol. The van der Waals surface area contributed by atoms with Gasteiger partial charge in [-0.05, 0) is 56.4 Å². The van der Waals surface area contributed by atoms with E-state index in [2.05, 4.69) is 17.6 Å².